The van der Waals surface area contributed by atoms with E-state index in [0.717, 1.165) is 11.3 Å². The third-order valence-electron chi connectivity index (χ3n) is 4.52. The first-order valence-electron chi connectivity index (χ1n) is 9.22. The first-order valence-corrected chi connectivity index (χ1v) is 9.22. The number of hydrogen-bond donors (Lipinski definition) is 0. The van der Waals surface area contributed by atoms with Crippen molar-refractivity contribution in [1.29, 1.82) is 0 Å². The van der Waals surface area contributed by atoms with Gasteiger partial charge in [0.1, 0.15) is 11.4 Å². The zero-order chi connectivity index (χ0) is 19.4. The molecule has 1 aliphatic rings. The van der Waals surface area contributed by atoms with Gasteiger partial charge in [0.15, 0.2) is 0 Å². The fourth-order valence-electron chi connectivity index (χ4n) is 3.12. The molecule has 142 valence electrons. The molecule has 1 aliphatic heterocycles. The summed E-state index contributed by atoms with van der Waals surface area (Å²) in [6.07, 6.45) is 1.71. The summed E-state index contributed by atoms with van der Waals surface area (Å²) in [5.74, 6) is 0.695. The van der Waals surface area contributed by atoms with Crippen molar-refractivity contribution in [2.45, 2.75) is 26.9 Å². The zero-order valence-electron chi connectivity index (χ0n) is 16.0. The van der Waals surface area contributed by atoms with Crippen molar-refractivity contribution in [2.75, 3.05) is 26.2 Å². The molecule has 1 aromatic heterocycles. The summed E-state index contributed by atoms with van der Waals surface area (Å²) in [5.41, 5.74) is 2.03. The predicted octanol–water partition coefficient (Wildman–Crippen LogP) is 2.78. The van der Waals surface area contributed by atoms with Crippen molar-refractivity contribution in [3.8, 4) is 5.75 Å². The van der Waals surface area contributed by atoms with Crippen LogP contribution >= 0.6 is 0 Å². The van der Waals surface area contributed by atoms with Crippen LogP contribution in [0.25, 0.3) is 0 Å². The monoisotopic (exact) mass is 367 g/mol. The molecule has 0 atom stereocenters. The van der Waals surface area contributed by atoms with Crippen LogP contribution in [0.1, 0.15) is 40.3 Å². The van der Waals surface area contributed by atoms with E-state index in [9.17, 15) is 9.59 Å². The number of rotatable bonds is 4. The standard InChI is InChI=1S/C21H25N3O3/c1-15(2)27-19-8-7-17(14-16(19)3)20(25)23-10-12-24(13-11-23)21(26)18-6-4-5-9-22-18/h4-9,14-15H,10-13H2,1-3H3. The Labute approximate surface area is 159 Å². The Bertz CT molecular complexity index is 813. The Hall–Kier alpha value is -2.89. The van der Waals surface area contributed by atoms with E-state index < -0.39 is 0 Å². The highest BCUT2D eigenvalue weighted by Gasteiger charge is 2.26. The van der Waals surface area contributed by atoms with Crippen molar-refractivity contribution in [2.24, 2.45) is 0 Å². The summed E-state index contributed by atoms with van der Waals surface area (Å²) in [5, 5.41) is 0. The molecule has 2 aromatic rings. The highest BCUT2D eigenvalue weighted by Crippen LogP contribution is 2.21. The van der Waals surface area contributed by atoms with Gasteiger partial charge in [0.05, 0.1) is 6.10 Å². The van der Waals surface area contributed by atoms with Crippen LogP contribution in [0.4, 0.5) is 0 Å². The van der Waals surface area contributed by atoms with E-state index in [-0.39, 0.29) is 17.9 Å². The number of ether oxygens (including phenoxy) is 1. The number of aryl methyl sites for hydroxylation is 1. The molecule has 6 nitrogen and oxygen atoms in total. The quantitative estimate of drug-likeness (QED) is 0.834. The van der Waals surface area contributed by atoms with Gasteiger partial charge in [-0.3, -0.25) is 14.6 Å². The first kappa shape index (κ1) is 18.9. The van der Waals surface area contributed by atoms with Crippen LogP contribution in [0.5, 0.6) is 5.75 Å². The van der Waals surface area contributed by atoms with Crippen molar-refractivity contribution in [1.82, 2.24) is 14.8 Å². The lowest BCUT2D eigenvalue weighted by Gasteiger charge is -2.34. The lowest BCUT2D eigenvalue weighted by Crippen LogP contribution is -2.50. The van der Waals surface area contributed by atoms with Gasteiger partial charge in [-0.25, -0.2) is 0 Å². The van der Waals surface area contributed by atoms with Crippen molar-refractivity contribution in [3.63, 3.8) is 0 Å². The van der Waals surface area contributed by atoms with Crippen molar-refractivity contribution < 1.29 is 14.3 Å². The Morgan fingerprint density at radius 2 is 1.67 bits per heavy atom. The van der Waals surface area contributed by atoms with Crippen LogP contribution in [0.2, 0.25) is 0 Å². The molecule has 0 radical (unpaired) electrons. The second-order valence-electron chi connectivity index (χ2n) is 6.95. The number of carbonyl (C=O) groups is 2. The number of piperazine rings is 1. The minimum absolute atomic E-state index is 0.0147. The highest BCUT2D eigenvalue weighted by molar-refractivity contribution is 5.95. The van der Waals surface area contributed by atoms with E-state index in [1.165, 1.54) is 0 Å². The molecule has 0 bridgehead atoms. The third-order valence-corrected chi connectivity index (χ3v) is 4.52. The number of benzene rings is 1. The average Bonchev–Trinajstić information content (AvgIpc) is 2.69. The van der Waals surface area contributed by atoms with Crippen LogP contribution in [-0.2, 0) is 0 Å². The molecule has 2 heterocycles. The molecule has 1 saturated heterocycles. The maximum absolute atomic E-state index is 12.8. The van der Waals surface area contributed by atoms with Crippen molar-refractivity contribution in [3.05, 3.63) is 59.4 Å². The van der Waals surface area contributed by atoms with E-state index >= 15 is 0 Å². The van der Waals surface area contributed by atoms with Crippen molar-refractivity contribution >= 4 is 11.8 Å². The number of carbonyl (C=O) groups excluding carboxylic acids is 2. The molecule has 1 fully saturated rings. The zero-order valence-corrected chi connectivity index (χ0v) is 16.0. The van der Waals surface area contributed by atoms with Crippen LogP contribution in [-0.4, -0.2) is 58.9 Å². The largest absolute Gasteiger partial charge is 0.491 e. The highest BCUT2D eigenvalue weighted by atomic mass is 16.5. The maximum Gasteiger partial charge on any atom is 0.272 e. The summed E-state index contributed by atoms with van der Waals surface area (Å²) in [7, 11) is 0. The van der Waals surface area contributed by atoms with Gasteiger partial charge in [0.2, 0.25) is 0 Å². The van der Waals surface area contributed by atoms with E-state index in [4.69, 9.17) is 4.74 Å². The summed E-state index contributed by atoms with van der Waals surface area (Å²) < 4.78 is 5.73. The molecule has 0 unspecified atom stereocenters. The second kappa shape index (κ2) is 8.20. The lowest BCUT2D eigenvalue weighted by atomic mass is 10.1. The Morgan fingerprint density at radius 1 is 1.00 bits per heavy atom. The van der Waals surface area contributed by atoms with Gasteiger partial charge in [-0.05, 0) is 56.7 Å². The van der Waals surface area contributed by atoms with E-state index in [1.54, 1.807) is 40.3 Å². The van der Waals surface area contributed by atoms with Crippen LogP contribution < -0.4 is 4.74 Å². The minimum Gasteiger partial charge on any atom is -0.491 e. The number of aromatic nitrogens is 1. The van der Waals surface area contributed by atoms with Gasteiger partial charge in [-0.2, -0.15) is 0 Å². The average molecular weight is 367 g/mol. The fraction of sp³-hybridized carbons (Fsp3) is 0.381. The van der Waals surface area contributed by atoms with Crippen LogP contribution in [0, 0.1) is 6.92 Å². The SMILES string of the molecule is Cc1cc(C(=O)N2CCN(C(=O)c3ccccn3)CC2)ccc1OC(C)C. The lowest BCUT2D eigenvalue weighted by molar-refractivity contribution is 0.0532. The number of nitrogens with zero attached hydrogens (tertiary/aromatic N) is 3. The Kier molecular flexibility index (Phi) is 5.74. The van der Waals surface area contributed by atoms with Gasteiger partial charge >= 0.3 is 0 Å². The first-order chi connectivity index (χ1) is 13.0. The molecule has 0 saturated carbocycles. The minimum atomic E-state index is -0.0891. The molecular formula is C21H25N3O3. The summed E-state index contributed by atoms with van der Waals surface area (Å²) in [4.78, 5) is 32.9. The van der Waals surface area contributed by atoms with Gasteiger partial charge < -0.3 is 14.5 Å². The van der Waals surface area contributed by atoms with Gasteiger partial charge in [-0.1, -0.05) is 6.07 Å². The number of pyridine rings is 1. The number of hydrogen-bond acceptors (Lipinski definition) is 4. The number of amides is 2. The van der Waals surface area contributed by atoms with E-state index in [1.807, 2.05) is 32.9 Å². The van der Waals surface area contributed by atoms with Gasteiger partial charge in [0.25, 0.3) is 11.8 Å². The molecule has 2 amide bonds. The fourth-order valence-corrected chi connectivity index (χ4v) is 3.12. The summed E-state index contributed by atoms with van der Waals surface area (Å²) in [6, 6.07) is 10.8. The molecular weight excluding hydrogens is 342 g/mol. The molecule has 0 N–H and O–H groups in total. The molecule has 0 spiro atoms. The van der Waals surface area contributed by atoms with E-state index in [2.05, 4.69) is 4.98 Å². The Balaban J connectivity index is 1.61. The topological polar surface area (TPSA) is 62.7 Å². The maximum atomic E-state index is 12.8. The van der Waals surface area contributed by atoms with Gasteiger partial charge in [0, 0.05) is 37.9 Å². The molecule has 0 aliphatic carbocycles. The predicted molar refractivity (Wildman–Crippen MR) is 103 cm³/mol. The molecule has 1 aromatic carbocycles. The molecule has 3 rings (SSSR count). The Morgan fingerprint density at radius 3 is 2.22 bits per heavy atom. The summed E-state index contributed by atoms with van der Waals surface area (Å²) >= 11 is 0. The van der Waals surface area contributed by atoms with E-state index in [0.29, 0.717) is 37.4 Å². The second-order valence-corrected chi connectivity index (χ2v) is 6.95. The summed E-state index contributed by atoms with van der Waals surface area (Å²) in [6.45, 7) is 7.94. The van der Waals surface area contributed by atoms with Gasteiger partial charge in [-0.15, -0.1) is 0 Å². The third kappa shape index (κ3) is 4.45. The smallest absolute Gasteiger partial charge is 0.272 e. The molecule has 27 heavy (non-hydrogen) atoms. The van der Waals surface area contributed by atoms with Crippen LogP contribution in [0.3, 0.4) is 0 Å². The molecule has 6 heteroatoms. The van der Waals surface area contributed by atoms with Crippen LogP contribution in [0.15, 0.2) is 42.6 Å². The normalized spacial score (nSPS) is 14.4.